The molecule has 0 fully saturated rings. The van der Waals surface area contributed by atoms with Gasteiger partial charge >= 0.3 is 0 Å². The molecule has 0 amide bonds. The van der Waals surface area contributed by atoms with E-state index in [9.17, 15) is 0 Å². The summed E-state index contributed by atoms with van der Waals surface area (Å²) in [7, 11) is 0. The Morgan fingerprint density at radius 1 is 0.321 bits per heavy atom. The van der Waals surface area contributed by atoms with Crippen LogP contribution in [0.2, 0.25) is 0 Å². The number of hydrogen-bond donors (Lipinski definition) is 0. The lowest BCUT2D eigenvalue weighted by molar-refractivity contribution is 1.58. The van der Waals surface area contributed by atoms with Crippen molar-refractivity contribution in [2.45, 2.75) is 0 Å². The third-order valence-corrected chi connectivity index (χ3v) is 5.84. The van der Waals surface area contributed by atoms with E-state index in [0.717, 1.165) is 0 Å². The van der Waals surface area contributed by atoms with Gasteiger partial charge in [0.1, 0.15) is 0 Å². The average molecular weight is 354 g/mol. The van der Waals surface area contributed by atoms with Crippen LogP contribution in [0.1, 0.15) is 11.1 Å². The average Bonchev–Trinajstić information content (AvgIpc) is 2.76. The fourth-order valence-electron chi connectivity index (χ4n) is 4.62. The van der Waals surface area contributed by atoms with Gasteiger partial charge in [0.05, 0.1) is 0 Å². The van der Waals surface area contributed by atoms with Crippen LogP contribution in [0.3, 0.4) is 0 Å². The first kappa shape index (κ1) is 15.4. The van der Waals surface area contributed by atoms with Crippen LogP contribution in [0.4, 0.5) is 0 Å². The topological polar surface area (TPSA) is 0 Å². The van der Waals surface area contributed by atoms with Crippen LogP contribution in [0.15, 0.2) is 97.1 Å². The van der Waals surface area contributed by atoms with Crippen LogP contribution in [0.25, 0.3) is 56.0 Å². The van der Waals surface area contributed by atoms with Crippen LogP contribution in [0.5, 0.6) is 0 Å². The summed E-state index contributed by atoms with van der Waals surface area (Å²) in [5.74, 6) is 0. The van der Waals surface area contributed by atoms with Crippen molar-refractivity contribution in [1.29, 1.82) is 0 Å². The van der Waals surface area contributed by atoms with Crippen molar-refractivity contribution < 1.29 is 0 Å². The third kappa shape index (κ3) is 2.12. The molecule has 6 rings (SSSR count). The van der Waals surface area contributed by atoms with Crippen molar-refractivity contribution in [2.24, 2.45) is 0 Å². The molecule has 0 bridgehead atoms. The van der Waals surface area contributed by atoms with E-state index >= 15 is 0 Å². The molecule has 5 aromatic carbocycles. The summed E-state index contributed by atoms with van der Waals surface area (Å²) in [6, 6.07) is 35.1. The van der Waals surface area contributed by atoms with Gasteiger partial charge in [-0.25, -0.2) is 0 Å². The summed E-state index contributed by atoms with van der Waals surface area (Å²) >= 11 is 0. The molecule has 0 atom stereocenters. The summed E-state index contributed by atoms with van der Waals surface area (Å²) in [5, 5.41) is 5.25. The van der Waals surface area contributed by atoms with E-state index in [2.05, 4.69) is 109 Å². The van der Waals surface area contributed by atoms with Crippen LogP contribution in [0, 0.1) is 0 Å². The second-order valence-corrected chi connectivity index (χ2v) is 7.35. The number of fused-ring (bicyclic) bond motifs is 10. The van der Waals surface area contributed by atoms with Gasteiger partial charge in [0.25, 0.3) is 0 Å². The first-order valence-electron chi connectivity index (χ1n) is 9.72. The fraction of sp³-hybridized carbons (Fsp3) is 0. The first-order valence-corrected chi connectivity index (χ1v) is 9.72. The van der Waals surface area contributed by atoms with Gasteiger partial charge < -0.3 is 0 Å². The van der Waals surface area contributed by atoms with Gasteiger partial charge in [0, 0.05) is 0 Å². The molecule has 1 aliphatic rings. The molecular weight excluding hydrogens is 336 g/mol. The summed E-state index contributed by atoms with van der Waals surface area (Å²) in [6.07, 6.45) is 4.50. The molecule has 0 unspecified atom stereocenters. The van der Waals surface area contributed by atoms with Crippen LogP contribution in [-0.2, 0) is 0 Å². The zero-order valence-corrected chi connectivity index (χ0v) is 15.4. The highest BCUT2D eigenvalue weighted by Crippen LogP contribution is 2.47. The van der Waals surface area contributed by atoms with Crippen molar-refractivity contribution in [1.82, 2.24) is 0 Å². The Bertz CT molecular complexity index is 1290. The maximum absolute atomic E-state index is 2.27. The first-order chi connectivity index (χ1) is 13.9. The lowest BCUT2D eigenvalue weighted by Gasteiger charge is -2.22. The SMILES string of the molecule is C1=C\c2ccccc2-c2c(c3ccccc3c3ccccc23)-c2ccccc2/1. The van der Waals surface area contributed by atoms with Crippen LogP contribution >= 0.6 is 0 Å². The lowest BCUT2D eigenvalue weighted by Crippen LogP contribution is -1.96. The standard InChI is InChI=1S/C28H18/c1-3-11-21-19(9-1)17-18-20-10-2-4-12-22(20)28-26-16-8-6-14-24(26)23-13-5-7-15-25(23)27(21)28/h1-18H/b18-17-,19-17?,20-18?,27-21?,28-22?. The van der Waals surface area contributed by atoms with Crippen molar-refractivity contribution in [2.75, 3.05) is 0 Å². The van der Waals surface area contributed by atoms with Crippen molar-refractivity contribution in [3.8, 4) is 22.3 Å². The van der Waals surface area contributed by atoms with E-state index in [1.807, 2.05) is 0 Å². The molecule has 1 aliphatic carbocycles. The van der Waals surface area contributed by atoms with E-state index in [0.29, 0.717) is 0 Å². The zero-order valence-electron chi connectivity index (χ0n) is 15.4. The quantitative estimate of drug-likeness (QED) is 0.244. The second-order valence-electron chi connectivity index (χ2n) is 7.35. The number of rotatable bonds is 0. The molecule has 0 aliphatic heterocycles. The lowest BCUT2D eigenvalue weighted by atomic mass is 9.81. The second kappa shape index (κ2) is 5.94. The van der Waals surface area contributed by atoms with Gasteiger partial charge in [0.15, 0.2) is 0 Å². The maximum Gasteiger partial charge on any atom is -0.00141 e. The number of benzene rings is 5. The van der Waals surface area contributed by atoms with E-state index in [4.69, 9.17) is 0 Å². The van der Waals surface area contributed by atoms with Gasteiger partial charge in [-0.05, 0) is 54.9 Å². The monoisotopic (exact) mass is 354 g/mol. The zero-order chi connectivity index (χ0) is 18.5. The minimum Gasteiger partial charge on any atom is -0.0616 e. The Labute approximate surface area is 164 Å². The third-order valence-electron chi connectivity index (χ3n) is 5.84. The highest BCUT2D eigenvalue weighted by atomic mass is 14.2. The normalized spacial score (nSPS) is 13.3. The minimum absolute atomic E-state index is 1.26. The highest BCUT2D eigenvalue weighted by molar-refractivity contribution is 6.23. The maximum atomic E-state index is 2.27. The summed E-state index contributed by atoms with van der Waals surface area (Å²) in [4.78, 5) is 0. The Morgan fingerprint density at radius 3 is 1.14 bits per heavy atom. The summed E-state index contributed by atoms with van der Waals surface area (Å²) < 4.78 is 0. The van der Waals surface area contributed by atoms with Crippen molar-refractivity contribution in [3.63, 3.8) is 0 Å². The minimum atomic E-state index is 1.26. The largest absolute Gasteiger partial charge is 0.0616 e. The summed E-state index contributed by atoms with van der Waals surface area (Å²) in [6.45, 7) is 0. The van der Waals surface area contributed by atoms with E-state index < -0.39 is 0 Å². The molecule has 0 nitrogen and oxygen atoms in total. The molecule has 0 saturated carbocycles. The molecule has 0 aromatic heterocycles. The highest BCUT2D eigenvalue weighted by Gasteiger charge is 2.20. The van der Waals surface area contributed by atoms with Crippen LogP contribution < -0.4 is 0 Å². The van der Waals surface area contributed by atoms with Gasteiger partial charge in [-0.2, -0.15) is 0 Å². The number of hydrogen-bond acceptors (Lipinski definition) is 0. The fourth-order valence-corrected chi connectivity index (χ4v) is 4.62. The summed E-state index contributed by atoms with van der Waals surface area (Å²) in [5.41, 5.74) is 7.79. The molecule has 0 saturated heterocycles. The van der Waals surface area contributed by atoms with E-state index in [1.165, 1.54) is 54.9 Å². The molecule has 0 heteroatoms. The predicted molar refractivity (Wildman–Crippen MR) is 121 cm³/mol. The van der Waals surface area contributed by atoms with Crippen molar-refractivity contribution >= 4 is 33.7 Å². The van der Waals surface area contributed by atoms with E-state index in [1.54, 1.807) is 0 Å². The molecule has 130 valence electrons. The molecule has 0 radical (unpaired) electrons. The Balaban J connectivity index is 1.96. The Morgan fingerprint density at radius 2 is 0.679 bits per heavy atom. The Hall–Kier alpha value is -3.64. The molecule has 0 spiro atoms. The van der Waals surface area contributed by atoms with E-state index in [-0.39, 0.29) is 0 Å². The van der Waals surface area contributed by atoms with Gasteiger partial charge in [-0.15, -0.1) is 0 Å². The molecule has 0 N–H and O–H groups in total. The smallest absolute Gasteiger partial charge is 0.00141 e. The van der Waals surface area contributed by atoms with Gasteiger partial charge in [-0.3, -0.25) is 0 Å². The molecular formula is C28H18. The molecule has 28 heavy (non-hydrogen) atoms. The molecule has 0 heterocycles. The molecule has 5 aromatic rings. The van der Waals surface area contributed by atoms with Gasteiger partial charge in [-0.1, -0.05) is 109 Å². The Kier molecular flexibility index (Phi) is 3.27. The van der Waals surface area contributed by atoms with Crippen LogP contribution in [-0.4, -0.2) is 0 Å². The van der Waals surface area contributed by atoms with Crippen molar-refractivity contribution in [3.05, 3.63) is 108 Å². The van der Waals surface area contributed by atoms with Gasteiger partial charge in [0.2, 0.25) is 0 Å². The predicted octanol–water partition coefficient (Wildman–Crippen LogP) is 7.81.